The molecule has 0 N–H and O–H groups in total. The summed E-state index contributed by atoms with van der Waals surface area (Å²) in [6, 6.07) is 5.79. The van der Waals surface area contributed by atoms with Crippen LogP contribution in [0.5, 0.6) is 0 Å². The minimum atomic E-state index is -0.283. The molecule has 11 heteroatoms. The van der Waals surface area contributed by atoms with Crippen molar-refractivity contribution in [2.45, 2.75) is 19.3 Å². The first-order valence-electron chi connectivity index (χ1n) is 10.0. The van der Waals surface area contributed by atoms with Gasteiger partial charge in [0.2, 0.25) is 17.7 Å². The average molecular weight is 532 g/mol. The number of aromatic nitrogens is 1. The molecule has 2 aromatic rings. The smallest absolute Gasteiger partial charge is 0.248 e. The second-order valence-corrected chi connectivity index (χ2v) is 9.26. The van der Waals surface area contributed by atoms with Crippen LogP contribution in [0.1, 0.15) is 19.3 Å². The van der Waals surface area contributed by atoms with Crippen molar-refractivity contribution in [2.75, 3.05) is 50.8 Å². The third-order valence-corrected chi connectivity index (χ3v) is 6.81. The molecule has 1 aromatic heterocycles. The molecule has 1 aromatic carbocycles. The van der Waals surface area contributed by atoms with Crippen LogP contribution in [0.4, 0.5) is 5.13 Å². The van der Waals surface area contributed by atoms with E-state index in [0.717, 1.165) is 58.9 Å². The molecule has 3 heterocycles. The summed E-state index contributed by atoms with van der Waals surface area (Å²) >= 11 is 4.90. The summed E-state index contributed by atoms with van der Waals surface area (Å²) in [5.41, 5.74) is 0.817. The lowest BCUT2D eigenvalue weighted by Crippen LogP contribution is -2.44. The Bertz CT molecular complexity index is 950. The molecule has 0 aliphatic carbocycles. The van der Waals surface area contributed by atoms with E-state index in [1.54, 1.807) is 4.90 Å². The van der Waals surface area contributed by atoms with Gasteiger partial charge in [0.15, 0.2) is 5.13 Å². The molecule has 0 unspecified atom stereocenters. The number of halogens is 2. The first kappa shape index (κ1) is 24.1. The molecular formula is C20H24BrClN4O4S. The van der Waals surface area contributed by atoms with Crippen LogP contribution in [0.25, 0.3) is 10.2 Å². The van der Waals surface area contributed by atoms with Gasteiger partial charge < -0.3 is 4.74 Å². The predicted octanol–water partition coefficient (Wildman–Crippen LogP) is 2.68. The van der Waals surface area contributed by atoms with Crippen LogP contribution < -0.4 is 4.90 Å². The molecule has 3 amide bonds. The van der Waals surface area contributed by atoms with Crippen molar-refractivity contribution in [2.24, 2.45) is 0 Å². The summed E-state index contributed by atoms with van der Waals surface area (Å²) < 4.78 is 7.30. The number of thiazole rings is 1. The molecule has 168 valence electrons. The van der Waals surface area contributed by atoms with Crippen molar-refractivity contribution in [1.29, 1.82) is 0 Å². The fourth-order valence-corrected chi connectivity index (χ4v) is 5.19. The largest absolute Gasteiger partial charge is 0.379 e. The van der Waals surface area contributed by atoms with Crippen molar-refractivity contribution in [3.63, 3.8) is 0 Å². The lowest BCUT2D eigenvalue weighted by atomic mass is 10.3. The molecule has 2 saturated heterocycles. The van der Waals surface area contributed by atoms with E-state index in [1.165, 1.54) is 11.3 Å². The van der Waals surface area contributed by atoms with Crippen molar-refractivity contribution in [1.82, 2.24) is 14.8 Å². The number of morpholine rings is 1. The van der Waals surface area contributed by atoms with Gasteiger partial charge in [0.05, 0.1) is 23.4 Å². The number of hydrogen-bond acceptors (Lipinski definition) is 7. The molecule has 31 heavy (non-hydrogen) atoms. The van der Waals surface area contributed by atoms with Gasteiger partial charge in [-0.05, 0) is 24.6 Å². The standard InChI is InChI=1S/C20H23BrN4O4S.ClH/c21-14-2-3-15-16(12-14)30-20(22-15)24(7-1-6-23-8-10-29-11-9-23)19(28)13-25-17(26)4-5-18(25)27;/h2-3,12H,1,4-11,13H2;1H. The summed E-state index contributed by atoms with van der Waals surface area (Å²) in [7, 11) is 0. The average Bonchev–Trinajstić information content (AvgIpc) is 3.29. The van der Waals surface area contributed by atoms with Gasteiger partial charge in [-0.15, -0.1) is 12.4 Å². The maximum Gasteiger partial charge on any atom is 0.248 e. The Labute approximate surface area is 199 Å². The number of ether oxygens (including phenoxy) is 1. The van der Waals surface area contributed by atoms with Gasteiger partial charge in [0, 0.05) is 43.5 Å². The van der Waals surface area contributed by atoms with Gasteiger partial charge in [0.25, 0.3) is 0 Å². The minimum Gasteiger partial charge on any atom is -0.379 e. The molecule has 0 spiro atoms. The topological polar surface area (TPSA) is 83.1 Å². The van der Waals surface area contributed by atoms with Crippen LogP contribution in [0, 0.1) is 0 Å². The number of hydrogen-bond donors (Lipinski definition) is 0. The van der Waals surface area contributed by atoms with E-state index >= 15 is 0 Å². The Balaban J connectivity index is 0.00000272. The summed E-state index contributed by atoms with van der Waals surface area (Å²) in [5.74, 6) is -0.844. The molecule has 0 saturated carbocycles. The van der Waals surface area contributed by atoms with Crippen LogP contribution in [-0.2, 0) is 19.1 Å². The van der Waals surface area contributed by atoms with Crippen molar-refractivity contribution < 1.29 is 19.1 Å². The SMILES string of the molecule is Cl.O=C1CCC(=O)N1CC(=O)N(CCCN1CCOCC1)c1nc2ccc(Br)cc2s1. The first-order valence-corrected chi connectivity index (χ1v) is 11.6. The van der Waals surface area contributed by atoms with Crippen LogP contribution in [-0.4, -0.2) is 78.4 Å². The van der Waals surface area contributed by atoms with Crippen LogP contribution in [0.2, 0.25) is 0 Å². The van der Waals surface area contributed by atoms with E-state index in [9.17, 15) is 14.4 Å². The minimum absolute atomic E-state index is 0. The first-order chi connectivity index (χ1) is 14.5. The normalized spacial score (nSPS) is 17.3. The Kier molecular flexibility index (Phi) is 8.40. The highest BCUT2D eigenvalue weighted by Crippen LogP contribution is 2.31. The second-order valence-electron chi connectivity index (χ2n) is 7.34. The summed E-state index contributed by atoms with van der Waals surface area (Å²) in [6.07, 6.45) is 1.13. The molecule has 4 rings (SSSR count). The Morgan fingerprint density at radius 2 is 1.90 bits per heavy atom. The molecule has 0 atom stereocenters. The summed E-state index contributed by atoms with van der Waals surface area (Å²) in [6.45, 7) is 4.34. The highest BCUT2D eigenvalue weighted by molar-refractivity contribution is 9.10. The van der Waals surface area contributed by atoms with E-state index < -0.39 is 0 Å². The van der Waals surface area contributed by atoms with E-state index in [-0.39, 0.29) is 49.5 Å². The lowest BCUT2D eigenvalue weighted by Gasteiger charge is -2.28. The number of rotatable bonds is 7. The van der Waals surface area contributed by atoms with Crippen LogP contribution in [0.3, 0.4) is 0 Å². The van der Waals surface area contributed by atoms with Gasteiger partial charge in [-0.2, -0.15) is 0 Å². The number of likely N-dealkylation sites (tertiary alicyclic amines) is 1. The van der Waals surface area contributed by atoms with Crippen LogP contribution in [0.15, 0.2) is 22.7 Å². The number of carbonyl (C=O) groups is 3. The number of nitrogens with zero attached hydrogens (tertiary/aromatic N) is 4. The zero-order valence-corrected chi connectivity index (χ0v) is 20.1. The van der Waals surface area contributed by atoms with Gasteiger partial charge >= 0.3 is 0 Å². The third-order valence-electron chi connectivity index (χ3n) is 5.28. The summed E-state index contributed by atoms with van der Waals surface area (Å²) in [4.78, 5) is 46.7. The van der Waals surface area contributed by atoms with E-state index in [0.29, 0.717) is 11.7 Å². The number of benzene rings is 1. The fraction of sp³-hybridized carbons (Fsp3) is 0.500. The highest BCUT2D eigenvalue weighted by atomic mass is 79.9. The lowest BCUT2D eigenvalue weighted by molar-refractivity contribution is -0.141. The Morgan fingerprint density at radius 1 is 1.19 bits per heavy atom. The maximum atomic E-state index is 13.1. The van der Waals surface area contributed by atoms with Crippen molar-refractivity contribution >= 4 is 72.7 Å². The van der Waals surface area contributed by atoms with E-state index in [4.69, 9.17) is 4.74 Å². The quantitative estimate of drug-likeness (QED) is 0.511. The number of fused-ring (bicyclic) bond motifs is 1. The number of carbonyl (C=O) groups excluding carboxylic acids is 3. The molecule has 2 fully saturated rings. The Morgan fingerprint density at radius 3 is 2.61 bits per heavy atom. The zero-order valence-electron chi connectivity index (χ0n) is 16.9. The molecule has 0 bridgehead atoms. The van der Waals surface area contributed by atoms with Gasteiger partial charge in [-0.25, -0.2) is 4.98 Å². The number of anilines is 1. The number of imide groups is 1. The maximum absolute atomic E-state index is 13.1. The van der Waals surface area contributed by atoms with Gasteiger partial charge in [-0.3, -0.25) is 29.1 Å². The van der Waals surface area contributed by atoms with Gasteiger partial charge in [-0.1, -0.05) is 27.3 Å². The fourth-order valence-electron chi connectivity index (χ4n) is 3.63. The van der Waals surface area contributed by atoms with Gasteiger partial charge in [0.1, 0.15) is 6.54 Å². The third kappa shape index (κ3) is 5.81. The second kappa shape index (κ2) is 10.8. The zero-order chi connectivity index (χ0) is 21.1. The van der Waals surface area contributed by atoms with Crippen molar-refractivity contribution in [3.8, 4) is 0 Å². The summed E-state index contributed by atoms with van der Waals surface area (Å²) in [5, 5.41) is 0.592. The molecule has 8 nitrogen and oxygen atoms in total. The number of amides is 3. The van der Waals surface area contributed by atoms with E-state index in [1.807, 2.05) is 18.2 Å². The molecular weight excluding hydrogens is 508 g/mol. The highest BCUT2D eigenvalue weighted by Gasteiger charge is 2.32. The van der Waals surface area contributed by atoms with Crippen LogP contribution >= 0.6 is 39.7 Å². The predicted molar refractivity (Wildman–Crippen MR) is 125 cm³/mol. The molecule has 2 aliphatic heterocycles. The Hall–Kier alpha value is -1.59. The van der Waals surface area contributed by atoms with Crippen molar-refractivity contribution in [3.05, 3.63) is 22.7 Å². The molecule has 2 aliphatic rings. The monoisotopic (exact) mass is 530 g/mol. The molecule has 0 radical (unpaired) electrons. The van der Waals surface area contributed by atoms with E-state index in [2.05, 4.69) is 25.8 Å².